The molecule has 0 aliphatic heterocycles. The highest BCUT2D eigenvalue weighted by Gasteiger charge is 2.26. The second kappa shape index (κ2) is 7.51. The Morgan fingerprint density at radius 2 is 2.08 bits per heavy atom. The van der Waals surface area contributed by atoms with Crippen LogP contribution in [-0.2, 0) is 4.74 Å². The van der Waals surface area contributed by atoms with Crippen molar-refractivity contribution in [3.05, 3.63) is 34.0 Å². The van der Waals surface area contributed by atoms with Crippen molar-refractivity contribution in [3.63, 3.8) is 0 Å². The maximum atomic E-state index is 12.5. The summed E-state index contributed by atoms with van der Waals surface area (Å²) in [7, 11) is 0. The Hall–Kier alpha value is -2.62. The Bertz CT molecular complexity index is 829. The number of ketones is 1. The number of anilines is 1. The molecule has 0 aromatic carbocycles. The molecule has 1 N–H and O–H groups in total. The lowest BCUT2D eigenvalue weighted by molar-refractivity contribution is 0.0526. The first-order valence-electron chi connectivity index (χ1n) is 7.22. The lowest BCUT2D eigenvalue weighted by atomic mass is 10.1. The molecule has 0 aliphatic carbocycles. The van der Waals surface area contributed by atoms with Crippen LogP contribution in [0.2, 0.25) is 0 Å². The average molecular weight is 371 g/mol. The number of thiophene rings is 1. The molecule has 134 valence electrons. The third kappa shape index (κ3) is 3.90. The standard InChI is InChI=1S/C15H15F2N3O4S/c1-4-24-14(23)10-7(2)11(8(3)21)25-13(10)18-12(22)9-5-6-20(19-9)15(16)17/h5-6,15H,4H2,1-3H3,(H,18,22). The van der Waals surface area contributed by atoms with E-state index in [-0.39, 0.29) is 28.6 Å². The predicted octanol–water partition coefficient (Wildman–Crippen LogP) is 3.28. The Kier molecular flexibility index (Phi) is 5.62. The number of nitrogens with zero attached hydrogens (tertiary/aromatic N) is 2. The van der Waals surface area contributed by atoms with Gasteiger partial charge >= 0.3 is 12.5 Å². The van der Waals surface area contributed by atoms with E-state index >= 15 is 0 Å². The van der Waals surface area contributed by atoms with Gasteiger partial charge in [-0.2, -0.15) is 13.9 Å². The molecule has 0 bridgehead atoms. The van der Waals surface area contributed by atoms with Crippen molar-refractivity contribution in [2.24, 2.45) is 0 Å². The Balaban J connectivity index is 2.36. The number of carbonyl (C=O) groups is 3. The van der Waals surface area contributed by atoms with Gasteiger partial charge in [-0.25, -0.2) is 9.48 Å². The summed E-state index contributed by atoms with van der Waals surface area (Å²) in [5.41, 5.74) is 0.216. The van der Waals surface area contributed by atoms with E-state index in [1.165, 1.54) is 6.92 Å². The minimum atomic E-state index is -2.87. The van der Waals surface area contributed by atoms with E-state index in [1.54, 1.807) is 13.8 Å². The average Bonchev–Trinajstić information content (AvgIpc) is 3.12. The summed E-state index contributed by atoms with van der Waals surface area (Å²) in [4.78, 5) is 36.3. The maximum Gasteiger partial charge on any atom is 0.341 e. The highest BCUT2D eigenvalue weighted by atomic mass is 32.1. The van der Waals surface area contributed by atoms with Crippen LogP contribution in [0, 0.1) is 6.92 Å². The molecule has 0 fully saturated rings. The second-order valence-corrected chi connectivity index (χ2v) is 5.97. The third-order valence-corrected chi connectivity index (χ3v) is 4.52. The van der Waals surface area contributed by atoms with Gasteiger partial charge in [0.15, 0.2) is 11.5 Å². The van der Waals surface area contributed by atoms with E-state index < -0.39 is 18.4 Å². The van der Waals surface area contributed by atoms with Crippen LogP contribution in [0.1, 0.15) is 56.5 Å². The SMILES string of the molecule is CCOC(=O)c1c(NC(=O)c2ccn(C(F)F)n2)sc(C(C)=O)c1C. The number of carbonyl (C=O) groups excluding carboxylic acids is 3. The minimum Gasteiger partial charge on any atom is -0.462 e. The number of Topliss-reactive ketones (excluding diaryl/α,β-unsaturated/α-hetero) is 1. The van der Waals surface area contributed by atoms with Crippen molar-refractivity contribution >= 4 is 34.0 Å². The summed E-state index contributed by atoms with van der Waals surface area (Å²) >= 11 is 0.919. The molecule has 2 heterocycles. The monoisotopic (exact) mass is 371 g/mol. The first-order valence-corrected chi connectivity index (χ1v) is 8.04. The Morgan fingerprint density at radius 1 is 1.40 bits per heavy atom. The lowest BCUT2D eigenvalue weighted by Crippen LogP contribution is -2.16. The summed E-state index contributed by atoms with van der Waals surface area (Å²) in [5, 5.41) is 6.01. The number of hydrogen-bond donors (Lipinski definition) is 1. The quantitative estimate of drug-likeness (QED) is 0.622. The molecule has 1 amide bonds. The highest BCUT2D eigenvalue weighted by Crippen LogP contribution is 2.34. The van der Waals surface area contributed by atoms with E-state index in [4.69, 9.17) is 4.74 Å². The van der Waals surface area contributed by atoms with Crippen LogP contribution in [0.3, 0.4) is 0 Å². The van der Waals surface area contributed by atoms with Gasteiger partial charge in [0.05, 0.1) is 17.0 Å². The fourth-order valence-electron chi connectivity index (χ4n) is 2.12. The molecule has 0 atom stereocenters. The van der Waals surface area contributed by atoms with Crippen LogP contribution in [0.4, 0.5) is 13.8 Å². The fraction of sp³-hybridized carbons (Fsp3) is 0.333. The third-order valence-electron chi connectivity index (χ3n) is 3.21. The first kappa shape index (κ1) is 18.7. The van der Waals surface area contributed by atoms with Crippen molar-refractivity contribution in [1.29, 1.82) is 0 Å². The zero-order chi connectivity index (χ0) is 18.7. The molecular formula is C15H15F2N3O4S. The van der Waals surface area contributed by atoms with Crippen molar-refractivity contribution in [2.75, 3.05) is 11.9 Å². The predicted molar refractivity (Wildman–Crippen MR) is 86.5 cm³/mol. The van der Waals surface area contributed by atoms with Gasteiger partial charge in [0.2, 0.25) is 0 Å². The van der Waals surface area contributed by atoms with Gasteiger partial charge in [0.25, 0.3) is 5.91 Å². The van der Waals surface area contributed by atoms with Crippen molar-refractivity contribution in [1.82, 2.24) is 9.78 Å². The molecule has 0 spiro atoms. The number of halogens is 2. The van der Waals surface area contributed by atoms with Crippen LogP contribution in [0.25, 0.3) is 0 Å². The van der Waals surface area contributed by atoms with Gasteiger partial charge < -0.3 is 10.1 Å². The van der Waals surface area contributed by atoms with E-state index in [1.807, 2.05) is 0 Å². The van der Waals surface area contributed by atoms with Gasteiger partial charge in [0, 0.05) is 6.20 Å². The van der Waals surface area contributed by atoms with Crippen LogP contribution in [0.15, 0.2) is 12.3 Å². The second-order valence-electron chi connectivity index (χ2n) is 4.95. The number of rotatable bonds is 6. The summed E-state index contributed by atoms with van der Waals surface area (Å²) in [6.07, 6.45) is 0.965. The van der Waals surface area contributed by atoms with Crippen LogP contribution in [-0.4, -0.2) is 34.0 Å². The molecule has 10 heteroatoms. The van der Waals surface area contributed by atoms with Crippen molar-refractivity contribution in [2.45, 2.75) is 27.3 Å². The van der Waals surface area contributed by atoms with Crippen LogP contribution >= 0.6 is 11.3 Å². The number of ether oxygens (including phenoxy) is 1. The molecule has 0 saturated carbocycles. The van der Waals surface area contributed by atoms with Gasteiger partial charge in [-0.05, 0) is 32.4 Å². The molecule has 0 saturated heterocycles. The minimum absolute atomic E-state index is 0.0682. The maximum absolute atomic E-state index is 12.5. The molecule has 0 unspecified atom stereocenters. The number of alkyl halides is 2. The van der Waals surface area contributed by atoms with Gasteiger partial charge in [-0.15, -0.1) is 11.3 Å². The van der Waals surface area contributed by atoms with Crippen LogP contribution < -0.4 is 5.32 Å². The Morgan fingerprint density at radius 3 is 2.60 bits per heavy atom. The number of esters is 1. The molecule has 2 aromatic heterocycles. The zero-order valence-electron chi connectivity index (χ0n) is 13.6. The Labute approximate surface area is 145 Å². The van der Waals surface area contributed by atoms with Crippen molar-refractivity contribution in [3.8, 4) is 0 Å². The van der Waals surface area contributed by atoms with Gasteiger partial charge in [-0.3, -0.25) is 9.59 Å². The number of hydrogen-bond acceptors (Lipinski definition) is 6. The summed E-state index contributed by atoms with van der Waals surface area (Å²) < 4.78 is 30.4. The molecule has 25 heavy (non-hydrogen) atoms. The number of aromatic nitrogens is 2. The normalized spacial score (nSPS) is 10.8. The summed E-state index contributed by atoms with van der Waals surface area (Å²) in [6, 6.07) is 1.12. The van der Waals surface area contributed by atoms with E-state index in [0.29, 0.717) is 15.1 Å². The molecule has 7 nitrogen and oxygen atoms in total. The number of amides is 1. The van der Waals surface area contributed by atoms with E-state index in [2.05, 4.69) is 10.4 Å². The number of nitrogens with one attached hydrogen (secondary N) is 1. The smallest absolute Gasteiger partial charge is 0.341 e. The fourth-order valence-corrected chi connectivity index (χ4v) is 3.21. The highest BCUT2D eigenvalue weighted by molar-refractivity contribution is 7.18. The molecule has 0 aliphatic rings. The topological polar surface area (TPSA) is 90.3 Å². The molecule has 0 radical (unpaired) electrons. The molecular weight excluding hydrogens is 356 g/mol. The molecule has 2 rings (SSSR count). The zero-order valence-corrected chi connectivity index (χ0v) is 14.4. The van der Waals surface area contributed by atoms with Crippen molar-refractivity contribution < 1.29 is 27.9 Å². The molecule has 2 aromatic rings. The largest absolute Gasteiger partial charge is 0.462 e. The van der Waals surface area contributed by atoms with Gasteiger partial charge in [-0.1, -0.05) is 0 Å². The van der Waals surface area contributed by atoms with E-state index in [0.717, 1.165) is 23.6 Å². The summed E-state index contributed by atoms with van der Waals surface area (Å²) in [6.45, 7) is 1.78. The lowest BCUT2D eigenvalue weighted by Gasteiger charge is -2.06. The van der Waals surface area contributed by atoms with Gasteiger partial charge in [0.1, 0.15) is 5.00 Å². The summed E-state index contributed by atoms with van der Waals surface area (Å²) in [5.74, 6) is -1.73. The first-order chi connectivity index (χ1) is 11.8. The van der Waals surface area contributed by atoms with Crippen LogP contribution in [0.5, 0.6) is 0 Å². The van der Waals surface area contributed by atoms with E-state index in [9.17, 15) is 23.2 Å².